The Kier molecular flexibility index (Phi) is 4.51. The maximum atomic E-state index is 8.85. The Bertz CT molecular complexity index is 757. The number of aromatic nitrogens is 4. The van der Waals surface area contributed by atoms with Gasteiger partial charge in [0.05, 0.1) is 24.8 Å². The first-order chi connectivity index (χ1) is 12.2. The molecule has 0 bridgehead atoms. The number of nitrogens with zero attached hydrogens (tertiary/aromatic N) is 7. The number of likely N-dealkylation sites (tertiary alicyclic amines) is 1. The van der Waals surface area contributed by atoms with E-state index in [0.29, 0.717) is 17.5 Å². The molecule has 0 amide bonds. The van der Waals surface area contributed by atoms with E-state index in [1.54, 1.807) is 12.4 Å². The molecular formula is C17H23N7O. The van der Waals surface area contributed by atoms with Gasteiger partial charge in [-0.3, -0.25) is 14.5 Å². The van der Waals surface area contributed by atoms with E-state index in [2.05, 4.69) is 38.2 Å². The molecule has 1 atom stereocenters. The zero-order valence-corrected chi connectivity index (χ0v) is 14.5. The summed E-state index contributed by atoms with van der Waals surface area (Å²) in [6, 6.07) is 2.62. The van der Waals surface area contributed by atoms with Crippen LogP contribution in [0, 0.1) is 11.3 Å². The quantitative estimate of drug-likeness (QED) is 0.748. The predicted octanol–water partition coefficient (Wildman–Crippen LogP) is 1.22. The van der Waals surface area contributed by atoms with Crippen LogP contribution in [0.15, 0.2) is 16.9 Å². The molecule has 2 aromatic rings. The second-order valence-electron chi connectivity index (χ2n) is 7.09. The topological polar surface area (TPSA) is 87.0 Å². The third kappa shape index (κ3) is 3.89. The van der Waals surface area contributed by atoms with Gasteiger partial charge in [0.2, 0.25) is 5.89 Å². The predicted molar refractivity (Wildman–Crippen MR) is 89.5 cm³/mol. The van der Waals surface area contributed by atoms with Gasteiger partial charge in [0.1, 0.15) is 6.07 Å². The zero-order valence-electron chi connectivity index (χ0n) is 14.5. The summed E-state index contributed by atoms with van der Waals surface area (Å²) in [5, 5.41) is 17.2. The van der Waals surface area contributed by atoms with E-state index in [1.807, 2.05) is 4.68 Å². The lowest BCUT2D eigenvalue weighted by molar-refractivity contribution is 0.215. The SMILES string of the molecule is CN(Cc1noc(C2CC2)n1)[C@H]1CCN(CCn2cc(C#N)cn2)C1. The fraction of sp³-hybridized carbons (Fsp3) is 0.647. The van der Waals surface area contributed by atoms with E-state index in [0.717, 1.165) is 50.9 Å². The van der Waals surface area contributed by atoms with Crippen molar-refractivity contribution in [2.45, 2.75) is 44.3 Å². The standard InChI is InChI=1S/C17H23N7O/c1-22(12-16-20-17(25-21-16)14-2-3-14)15-4-5-23(11-15)6-7-24-10-13(8-18)9-19-24/h9-10,14-15H,2-7,11-12H2,1H3/t15-/m0/s1. The van der Waals surface area contributed by atoms with Gasteiger partial charge in [0, 0.05) is 31.2 Å². The molecule has 1 aliphatic carbocycles. The molecule has 0 aromatic carbocycles. The summed E-state index contributed by atoms with van der Waals surface area (Å²) in [6.07, 6.45) is 6.92. The maximum Gasteiger partial charge on any atom is 0.229 e. The molecule has 2 fully saturated rings. The summed E-state index contributed by atoms with van der Waals surface area (Å²) in [7, 11) is 2.13. The Morgan fingerprint density at radius 1 is 1.36 bits per heavy atom. The van der Waals surface area contributed by atoms with Gasteiger partial charge in [-0.05, 0) is 32.9 Å². The van der Waals surface area contributed by atoms with E-state index < -0.39 is 0 Å². The van der Waals surface area contributed by atoms with E-state index in [-0.39, 0.29) is 0 Å². The van der Waals surface area contributed by atoms with Crippen molar-refractivity contribution in [3.8, 4) is 6.07 Å². The van der Waals surface area contributed by atoms with E-state index >= 15 is 0 Å². The number of likely N-dealkylation sites (N-methyl/N-ethyl adjacent to an activating group) is 1. The highest BCUT2D eigenvalue weighted by Crippen LogP contribution is 2.38. The average Bonchev–Trinajstić information content (AvgIpc) is 3.05. The molecule has 132 valence electrons. The molecule has 8 nitrogen and oxygen atoms in total. The van der Waals surface area contributed by atoms with Crippen LogP contribution in [0.5, 0.6) is 0 Å². The van der Waals surface area contributed by atoms with Gasteiger partial charge in [-0.2, -0.15) is 15.3 Å². The fourth-order valence-corrected chi connectivity index (χ4v) is 3.34. The molecule has 0 radical (unpaired) electrons. The number of nitriles is 1. The third-order valence-corrected chi connectivity index (χ3v) is 5.08. The van der Waals surface area contributed by atoms with Crippen molar-refractivity contribution in [1.29, 1.82) is 5.26 Å². The minimum Gasteiger partial charge on any atom is -0.339 e. The molecule has 0 spiro atoms. The van der Waals surface area contributed by atoms with Crippen LogP contribution in [0.2, 0.25) is 0 Å². The van der Waals surface area contributed by atoms with Crippen molar-refractivity contribution in [2.75, 3.05) is 26.7 Å². The lowest BCUT2D eigenvalue weighted by Crippen LogP contribution is -2.35. The van der Waals surface area contributed by atoms with Gasteiger partial charge in [-0.15, -0.1) is 0 Å². The van der Waals surface area contributed by atoms with Crippen molar-refractivity contribution in [3.63, 3.8) is 0 Å². The molecule has 1 saturated carbocycles. The summed E-state index contributed by atoms with van der Waals surface area (Å²) in [5.74, 6) is 2.12. The summed E-state index contributed by atoms with van der Waals surface area (Å²) >= 11 is 0. The molecule has 0 unspecified atom stereocenters. The smallest absolute Gasteiger partial charge is 0.229 e. The van der Waals surface area contributed by atoms with Gasteiger partial charge in [-0.25, -0.2) is 0 Å². The summed E-state index contributed by atoms with van der Waals surface area (Å²) in [4.78, 5) is 9.29. The lowest BCUT2D eigenvalue weighted by atomic mass is 10.2. The summed E-state index contributed by atoms with van der Waals surface area (Å²) in [5.41, 5.74) is 0.615. The van der Waals surface area contributed by atoms with Crippen molar-refractivity contribution in [2.24, 2.45) is 0 Å². The van der Waals surface area contributed by atoms with Crippen molar-refractivity contribution >= 4 is 0 Å². The number of hydrogen-bond acceptors (Lipinski definition) is 7. The number of rotatable bonds is 7. The first-order valence-corrected chi connectivity index (χ1v) is 8.89. The Balaban J connectivity index is 1.24. The third-order valence-electron chi connectivity index (χ3n) is 5.08. The second-order valence-corrected chi connectivity index (χ2v) is 7.09. The highest BCUT2D eigenvalue weighted by atomic mass is 16.5. The van der Waals surface area contributed by atoms with E-state index in [4.69, 9.17) is 9.78 Å². The second kappa shape index (κ2) is 6.94. The summed E-state index contributed by atoms with van der Waals surface area (Å²) in [6.45, 7) is 4.62. The zero-order chi connectivity index (χ0) is 17.2. The normalized spacial score (nSPS) is 21.1. The molecular weight excluding hydrogens is 318 g/mol. The maximum absolute atomic E-state index is 8.85. The Morgan fingerprint density at radius 3 is 3.00 bits per heavy atom. The van der Waals surface area contributed by atoms with Crippen LogP contribution < -0.4 is 0 Å². The fourth-order valence-electron chi connectivity index (χ4n) is 3.34. The van der Waals surface area contributed by atoms with Gasteiger partial charge in [-0.1, -0.05) is 5.16 Å². The molecule has 0 N–H and O–H groups in total. The molecule has 1 aliphatic heterocycles. The van der Waals surface area contributed by atoms with Gasteiger partial charge in [0.25, 0.3) is 0 Å². The molecule has 8 heteroatoms. The lowest BCUT2D eigenvalue weighted by Gasteiger charge is -2.23. The van der Waals surface area contributed by atoms with Gasteiger partial charge < -0.3 is 4.52 Å². The van der Waals surface area contributed by atoms with E-state index in [9.17, 15) is 0 Å². The first-order valence-electron chi connectivity index (χ1n) is 8.89. The molecule has 3 heterocycles. The van der Waals surface area contributed by atoms with Crippen molar-refractivity contribution < 1.29 is 4.52 Å². The van der Waals surface area contributed by atoms with Crippen LogP contribution in [-0.4, -0.2) is 62.4 Å². The highest BCUT2D eigenvalue weighted by Gasteiger charge is 2.30. The van der Waals surface area contributed by atoms with Crippen LogP contribution >= 0.6 is 0 Å². The van der Waals surface area contributed by atoms with Crippen LogP contribution in [0.25, 0.3) is 0 Å². The molecule has 2 aliphatic rings. The van der Waals surface area contributed by atoms with Gasteiger partial charge in [0.15, 0.2) is 5.82 Å². The highest BCUT2D eigenvalue weighted by molar-refractivity contribution is 5.21. The largest absolute Gasteiger partial charge is 0.339 e. The van der Waals surface area contributed by atoms with Crippen molar-refractivity contribution in [3.05, 3.63) is 29.7 Å². The minimum atomic E-state index is 0.509. The number of hydrogen-bond donors (Lipinski definition) is 0. The molecule has 1 saturated heterocycles. The average molecular weight is 341 g/mol. The van der Waals surface area contributed by atoms with Crippen molar-refractivity contribution in [1.82, 2.24) is 29.7 Å². The molecule has 4 rings (SSSR count). The van der Waals surface area contributed by atoms with Crippen LogP contribution in [0.3, 0.4) is 0 Å². The monoisotopic (exact) mass is 341 g/mol. The Morgan fingerprint density at radius 2 is 2.24 bits per heavy atom. The molecule has 25 heavy (non-hydrogen) atoms. The van der Waals surface area contributed by atoms with Crippen LogP contribution in [0.4, 0.5) is 0 Å². The van der Waals surface area contributed by atoms with E-state index in [1.165, 1.54) is 12.8 Å². The van der Waals surface area contributed by atoms with Gasteiger partial charge >= 0.3 is 0 Å². The summed E-state index contributed by atoms with van der Waals surface area (Å²) < 4.78 is 7.18. The first kappa shape index (κ1) is 16.2. The Labute approximate surface area is 147 Å². The minimum absolute atomic E-state index is 0.509. The van der Waals surface area contributed by atoms with Crippen LogP contribution in [0.1, 0.15) is 42.5 Å². The van der Waals surface area contributed by atoms with Crippen LogP contribution in [-0.2, 0) is 13.1 Å². The Hall–Kier alpha value is -2.24. The molecule has 2 aromatic heterocycles.